The molecule has 0 unspecified atom stereocenters. The summed E-state index contributed by atoms with van der Waals surface area (Å²) in [6.45, 7) is 0. The summed E-state index contributed by atoms with van der Waals surface area (Å²) in [5, 5.41) is 18.1. The van der Waals surface area contributed by atoms with Gasteiger partial charge < -0.3 is 20.6 Å². The first-order chi connectivity index (χ1) is 11.1. The number of aromatic nitrogens is 1. The normalized spacial score (nSPS) is 11.2. The summed E-state index contributed by atoms with van der Waals surface area (Å²) in [5.41, 5.74) is 7.34. The molecule has 0 aliphatic rings. The maximum absolute atomic E-state index is 12.0. The number of nitrogens with two attached hydrogens (primary N) is 1. The van der Waals surface area contributed by atoms with Gasteiger partial charge in [-0.15, -0.1) is 10.2 Å². The van der Waals surface area contributed by atoms with E-state index in [9.17, 15) is 9.90 Å². The number of ether oxygens (including phenoxy) is 1. The van der Waals surface area contributed by atoms with E-state index in [-0.39, 0.29) is 11.6 Å². The lowest BCUT2D eigenvalue weighted by Crippen LogP contribution is -1.94. The number of fused-ring (bicyclic) bond motifs is 1. The number of carbonyl (C=O) groups is 1. The molecule has 0 fully saturated rings. The highest BCUT2D eigenvalue weighted by molar-refractivity contribution is 5.97. The monoisotopic (exact) mass is 310 g/mol. The molecular weight excluding hydrogens is 296 g/mol. The van der Waals surface area contributed by atoms with E-state index >= 15 is 0 Å². The first-order valence-corrected chi connectivity index (χ1v) is 6.79. The lowest BCUT2D eigenvalue weighted by molar-refractivity contribution is 0.0995. The SMILES string of the molecule is COc1ccc2[nH]c(O)c(N=NC(=O)c3ccc(N)cc3)c2c1. The number of nitrogens with zero attached hydrogens (tertiary/aromatic N) is 2. The number of carbonyl (C=O) groups excluding carboxylic acids is 1. The van der Waals surface area contributed by atoms with Crippen molar-refractivity contribution in [1.82, 2.24) is 4.98 Å². The zero-order valence-corrected chi connectivity index (χ0v) is 12.3. The number of nitrogen functional groups attached to an aromatic ring is 1. The van der Waals surface area contributed by atoms with Crippen molar-refractivity contribution >= 4 is 28.2 Å². The predicted octanol–water partition coefficient (Wildman–Crippen LogP) is 3.39. The van der Waals surface area contributed by atoms with Gasteiger partial charge in [-0.3, -0.25) is 4.79 Å². The van der Waals surface area contributed by atoms with E-state index in [0.29, 0.717) is 27.9 Å². The van der Waals surface area contributed by atoms with Crippen molar-refractivity contribution in [3.05, 3.63) is 48.0 Å². The number of anilines is 1. The standard InChI is InChI=1S/C16H14N4O3/c1-23-11-6-7-13-12(8-11)14(16(22)18-13)19-20-15(21)9-2-4-10(17)5-3-9/h2-8,18,22H,17H2,1H3. The van der Waals surface area contributed by atoms with Gasteiger partial charge in [0.15, 0.2) is 5.69 Å². The Hall–Kier alpha value is -3.35. The molecule has 1 amide bonds. The molecule has 4 N–H and O–H groups in total. The molecule has 0 saturated carbocycles. The molecule has 0 bridgehead atoms. The molecular formula is C16H14N4O3. The van der Waals surface area contributed by atoms with E-state index in [4.69, 9.17) is 10.5 Å². The van der Waals surface area contributed by atoms with Crippen LogP contribution in [0.3, 0.4) is 0 Å². The fourth-order valence-corrected chi connectivity index (χ4v) is 2.15. The largest absolute Gasteiger partial charge is 0.497 e. The molecule has 0 radical (unpaired) electrons. The summed E-state index contributed by atoms with van der Waals surface area (Å²) < 4.78 is 5.15. The zero-order chi connectivity index (χ0) is 16.4. The third kappa shape index (κ3) is 2.84. The smallest absolute Gasteiger partial charge is 0.295 e. The number of hydrogen-bond acceptors (Lipinski definition) is 5. The van der Waals surface area contributed by atoms with Crippen molar-refractivity contribution in [2.75, 3.05) is 12.8 Å². The van der Waals surface area contributed by atoms with E-state index in [2.05, 4.69) is 15.2 Å². The van der Waals surface area contributed by atoms with Crippen LogP contribution in [0.1, 0.15) is 10.4 Å². The molecule has 1 aromatic heterocycles. The average Bonchev–Trinajstić information content (AvgIpc) is 2.87. The Morgan fingerprint density at radius 1 is 1.22 bits per heavy atom. The van der Waals surface area contributed by atoms with Crippen LogP contribution in [0.4, 0.5) is 11.4 Å². The number of aromatic hydroxyl groups is 1. The summed E-state index contributed by atoms with van der Waals surface area (Å²) in [6.07, 6.45) is 0. The Morgan fingerprint density at radius 2 is 1.96 bits per heavy atom. The lowest BCUT2D eigenvalue weighted by Gasteiger charge is -1.99. The molecule has 0 aliphatic carbocycles. The Morgan fingerprint density at radius 3 is 2.65 bits per heavy atom. The number of aromatic amines is 1. The van der Waals surface area contributed by atoms with Crippen LogP contribution in [0.15, 0.2) is 52.7 Å². The minimum Gasteiger partial charge on any atom is -0.497 e. The first-order valence-electron chi connectivity index (χ1n) is 6.79. The molecule has 3 rings (SSSR count). The van der Waals surface area contributed by atoms with Crippen molar-refractivity contribution in [2.45, 2.75) is 0 Å². The molecule has 0 spiro atoms. The van der Waals surface area contributed by atoms with Gasteiger partial charge in [0.1, 0.15) is 5.75 Å². The second-order valence-corrected chi connectivity index (χ2v) is 4.86. The van der Waals surface area contributed by atoms with Gasteiger partial charge in [0.2, 0.25) is 5.88 Å². The number of rotatable bonds is 3. The second kappa shape index (κ2) is 5.80. The highest BCUT2D eigenvalue weighted by Gasteiger charge is 2.12. The fourth-order valence-electron chi connectivity index (χ4n) is 2.15. The first kappa shape index (κ1) is 14.6. The van der Waals surface area contributed by atoms with E-state index in [1.165, 1.54) is 0 Å². The van der Waals surface area contributed by atoms with Crippen LogP contribution in [0.5, 0.6) is 11.6 Å². The summed E-state index contributed by atoms with van der Waals surface area (Å²) in [4.78, 5) is 14.8. The van der Waals surface area contributed by atoms with Gasteiger partial charge in [0.05, 0.1) is 12.6 Å². The van der Waals surface area contributed by atoms with Crippen molar-refractivity contribution in [3.63, 3.8) is 0 Å². The van der Waals surface area contributed by atoms with Crippen LogP contribution in [-0.4, -0.2) is 23.1 Å². The molecule has 23 heavy (non-hydrogen) atoms. The van der Waals surface area contributed by atoms with Crippen LogP contribution in [0.25, 0.3) is 10.9 Å². The summed E-state index contributed by atoms with van der Waals surface area (Å²) in [6, 6.07) is 11.5. The quantitative estimate of drug-likeness (QED) is 0.508. The second-order valence-electron chi connectivity index (χ2n) is 4.86. The molecule has 7 nitrogen and oxygen atoms in total. The molecule has 7 heteroatoms. The van der Waals surface area contributed by atoms with Gasteiger partial charge in [0, 0.05) is 16.6 Å². The molecule has 2 aromatic carbocycles. The highest BCUT2D eigenvalue weighted by atomic mass is 16.5. The van der Waals surface area contributed by atoms with Crippen molar-refractivity contribution in [3.8, 4) is 11.6 Å². The van der Waals surface area contributed by atoms with Crippen LogP contribution in [0.2, 0.25) is 0 Å². The maximum atomic E-state index is 12.0. The van der Waals surface area contributed by atoms with Gasteiger partial charge in [-0.05, 0) is 42.5 Å². The van der Waals surface area contributed by atoms with Gasteiger partial charge in [-0.25, -0.2) is 0 Å². The average molecular weight is 310 g/mol. The Labute approximate surface area is 131 Å². The fraction of sp³-hybridized carbons (Fsp3) is 0.0625. The molecule has 3 aromatic rings. The van der Waals surface area contributed by atoms with Gasteiger partial charge >= 0.3 is 0 Å². The topological polar surface area (TPSA) is 113 Å². The van der Waals surface area contributed by atoms with Gasteiger partial charge in [-0.1, -0.05) is 0 Å². The number of amides is 1. The molecule has 116 valence electrons. The van der Waals surface area contributed by atoms with E-state index in [1.54, 1.807) is 49.6 Å². The Balaban J connectivity index is 1.95. The van der Waals surface area contributed by atoms with Crippen molar-refractivity contribution in [2.24, 2.45) is 10.2 Å². The van der Waals surface area contributed by atoms with E-state index in [0.717, 1.165) is 0 Å². The minimum absolute atomic E-state index is 0.165. The summed E-state index contributed by atoms with van der Waals surface area (Å²) in [7, 11) is 1.54. The highest BCUT2D eigenvalue weighted by Crippen LogP contribution is 2.37. The lowest BCUT2D eigenvalue weighted by atomic mass is 10.2. The zero-order valence-electron chi connectivity index (χ0n) is 12.3. The maximum Gasteiger partial charge on any atom is 0.295 e. The third-order valence-electron chi connectivity index (χ3n) is 3.36. The van der Waals surface area contributed by atoms with Crippen LogP contribution < -0.4 is 10.5 Å². The van der Waals surface area contributed by atoms with Crippen molar-refractivity contribution in [1.29, 1.82) is 0 Å². The number of H-pyrrole nitrogens is 1. The van der Waals surface area contributed by atoms with Crippen LogP contribution in [0, 0.1) is 0 Å². The van der Waals surface area contributed by atoms with Gasteiger partial charge in [0.25, 0.3) is 5.91 Å². The Bertz CT molecular complexity index is 898. The van der Waals surface area contributed by atoms with Gasteiger partial charge in [-0.2, -0.15) is 0 Å². The number of hydrogen-bond donors (Lipinski definition) is 3. The van der Waals surface area contributed by atoms with Crippen molar-refractivity contribution < 1.29 is 14.6 Å². The molecule has 1 heterocycles. The van der Waals surface area contributed by atoms with Crippen LogP contribution >= 0.6 is 0 Å². The van der Waals surface area contributed by atoms with E-state index in [1.807, 2.05) is 0 Å². The molecule has 0 aliphatic heterocycles. The predicted molar refractivity (Wildman–Crippen MR) is 86.2 cm³/mol. The number of methoxy groups -OCH3 is 1. The number of azo groups is 1. The number of nitrogens with one attached hydrogen (secondary N) is 1. The minimum atomic E-state index is -0.526. The number of benzene rings is 2. The summed E-state index contributed by atoms with van der Waals surface area (Å²) >= 11 is 0. The third-order valence-corrected chi connectivity index (χ3v) is 3.36. The Kier molecular flexibility index (Phi) is 3.68. The molecule has 0 saturated heterocycles. The van der Waals surface area contributed by atoms with Crippen LogP contribution in [-0.2, 0) is 0 Å². The van der Waals surface area contributed by atoms with E-state index < -0.39 is 5.91 Å². The summed E-state index contributed by atoms with van der Waals surface area (Å²) in [5.74, 6) is -0.0819. The molecule has 0 atom stereocenters.